The lowest BCUT2D eigenvalue weighted by molar-refractivity contribution is 0.0504. The summed E-state index contributed by atoms with van der Waals surface area (Å²) in [6.45, 7) is 2.96. The number of ether oxygens (including phenoxy) is 4. The van der Waals surface area contributed by atoms with Gasteiger partial charge in [-0.2, -0.15) is 0 Å². The molecule has 6 heteroatoms. The van der Waals surface area contributed by atoms with Gasteiger partial charge in [-0.15, -0.1) is 0 Å². The van der Waals surface area contributed by atoms with Crippen molar-refractivity contribution in [3.05, 3.63) is 48.0 Å². The first-order valence-corrected chi connectivity index (χ1v) is 8.10. The van der Waals surface area contributed by atoms with Crippen LogP contribution in [0.4, 0.5) is 5.69 Å². The lowest BCUT2D eigenvalue weighted by Crippen LogP contribution is -2.11. The molecular weight excluding hydrogens is 322 g/mol. The Morgan fingerprint density at radius 2 is 1.64 bits per heavy atom. The summed E-state index contributed by atoms with van der Waals surface area (Å²) >= 11 is 0. The normalized spacial score (nSPS) is 10.2. The van der Waals surface area contributed by atoms with Gasteiger partial charge < -0.3 is 24.7 Å². The molecule has 0 unspecified atom stereocenters. The van der Waals surface area contributed by atoms with E-state index in [0.29, 0.717) is 42.6 Å². The molecule has 0 bridgehead atoms. The molecule has 0 saturated heterocycles. The van der Waals surface area contributed by atoms with Crippen LogP contribution in [0.15, 0.2) is 42.5 Å². The maximum atomic E-state index is 11.9. The molecule has 2 aromatic rings. The lowest BCUT2D eigenvalue weighted by Gasteiger charge is -2.12. The quantitative estimate of drug-likeness (QED) is 0.427. The minimum Gasteiger partial charge on any atom is -0.497 e. The van der Waals surface area contributed by atoms with Crippen molar-refractivity contribution in [1.82, 2.24) is 0 Å². The third kappa shape index (κ3) is 5.60. The van der Waals surface area contributed by atoms with Gasteiger partial charge >= 0.3 is 5.97 Å². The van der Waals surface area contributed by atoms with Crippen LogP contribution >= 0.6 is 0 Å². The van der Waals surface area contributed by atoms with Gasteiger partial charge in [-0.25, -0.2) is 4.79 Å². The summed E-state index contributed by atoms with van der Waals surface area (Å²) in [4.78, 5) is 11.9. The van der Waals surface area contributed by atoms with Crippen LogP contribution in [-0.2, 0) is 4.74 Å². The summed E-state index contributed by atoms with van der Waals surface area (Å²) in [6.07, 6.45) is 0.771. The number of anilines is 1. The van der Waals surface area contributed by atoms with Gasteiger partial charge in [-0.1, -0.05) is 6.92 Å². The van der Waals surface area contributed by atoms with Crippen LogP contribution in [-0.4, -0.2) is 32.9 Å². The molecule has 2 rings (SSSR count). The van der Waals surface area contributed by atoms with E-state index in [1.54, 1.807) is 25.3 Å². The highest BCUT2D eigenvalue weighted by atomic mass is 16.5. The summed E-state index contributed by atoms with van der Waals surface area (Å²) < 4.78 is 21.4. The molecule has 25 heavy (non-hydrogen) atoms. The first kappa shape index (κ1) is 18.4. The number of benzene rings is 2. The van der Waals surface area contributed by atoms with E-state index in [2.05, 4.69) is 0 Å². The molecule has 0 aromatic heterocycles. The van der Waals surface area contributed by atoms with Gasteiger partial charge in [0.2, 0.25) is 0 Å². The molecule has 134 valence electrons. The predicted octanol–water partition coefficient (Wildman–Crippen LogP) is 3.30. The van der Waals surface area contributed by atoms with E-state index in [0.717, 1.165) is 12.2 Å². The van der Waals surface area contributed by atoms with Crippen LogP contribution in [0.2, 0.25) is 0 Å². The highest BCUT2D eigenvalue weighted by molar-refractivity contribution is 5.90. The van der Waals surface area contributed by atoms with Crippen molar-refractivity contribution in [1.29, 1.82) is 0 Å². The minimum absolute atomic E-state index is 0.295. The average molecular weight is 345 g/mol. The van der Waals surface area contributed by atoms with Gasteiger partial charge in [0.25, 0.3) is 0 Å². The number of nitrogen functional groups attached to an aromatic ring is 1. The van der Waals surface area contributed by atoms with E-state index in [1.165, 1.54) is 0 Å². The van der Waals surface area contributed by atoms with Gasteiger partial charge in [-0.3, -0.25) is 0 Å². The molecule has 0 aliphatic carbocycles. The number of esters is 1. The Morgan fingerprint density at radius 1 is 0.960 bits per heavy atom. The molecule has 0 atom stereocenters. The van der Waals surface area contributed by atoms with Gasteiger partial charge in [0.05, 0.1) is 25.0 Å². The van der Waals surface area contributed by atoms with E-state index in [1.807, 2.05) is 31.2 Å². The third-order valence-corrected chi connectivity index (χ3v) is 3.36. The average Bonchev–Trinajstić information content (AvgIpc) is 2.65. The van der Waals surface area contributed by atoms with Crippen LogP contribution in [0.5, 0.6) is 17.2 Å². The highest BCUT2D eigenvalue weighted by Crippen LogP contribution is 2.23. The molecule has 0 spiro atoms. The molecular formula is C19H23NO5. The molecule has 0 fully saturated rings. The van der Waals surface area contributed by atoms with Crippen LogP contribution in [0, 0.1) is 0 Å². The Bertz CT molecular complexity index is 685. The molecule has 0 aliphatic heterocycles. The SMILES string of the molecule is CCCOC(=O)c1ccc(N)c(OCCOc2ccc(OC)cc2)c1. The Labute approximate surface area is 147 Å². The van der Waals surface area contributed by atoms with Crippen molar-refractivity contribution in [2.24, 2.45) is 0 Å². The third-order valence-electron chi connectivity index (χ3n) is 3.36. The second-order valence-electron chi connectivity index (χ2n) is 5.26. The second kappa shape index (κ2) is 9.42. The fraction of sp³-hybridized carbons (Fsp3) is 0.316. The van der Waals surface area contributed by atoms with Gasteiger partial charge in [0.15, 0.2) is 0 Å². The Balaban J connectivity index is 1.85. The zero-order valence-corrected chi connectivity index (χ0v) is 14.5. The largest absolute Gasteiger partial charge is 0.497 e. The molecule has 0 radical (unpaired) electrons. The van der Waals surface area contributed by atoms with Crippen LogP contribution in [0.3, 0.4) is 0 Å². The number of carbonyl (C=O) groups excluding carboxylic acids is 1. The van der Waals surface area contributed by atoms with Crippen molar-refractivity contribution in [3.63, 3.8) is 0 Å². The van der Waals surface area contributed by atoms with E-state index in [4.69, 9.17) is 24.7 Å². The minimum atomic E-state index is -0.388. The van der Waals surface area contributed by atoms with E-state index >= 15 is 0 Å². The topological polar surface area (TPSA) is 80.0 Å². The highest BCUT2D eigenvalue weighted by Gasteiger charge is 2.10. The van der Waals surface area contributed by atoms with Crippen LogP contribution in [0.25, 0.3) is 0 Å². The van der Waals surface area contributed by atoms with Crippen molar-refractivity contribution in [2.75, 3.05) is 32.7 Å². The van der Waals surface area contributed by atoms with Gasteiger partial charge in [0, 0.05) is 0 Å². The smallest absolute Gasteiger partial charge is 0.338 e. The van der Waals surface area contributed by atoms with Gasteiger partial charge in [0.1, 0.15) is 30.5 Å². The fourth-order valence-electron chi connectivity index (χ4n) is 2.05. The van der Waals surface area contributed by atoms with Crippen molar-refractivity contribution in [3.8, 4) is 17.2 Å². The summed E-state index contributed by atoms with van der Waals surface area (Å²) in [7, 11) is 1.61. The lowest BCUT2D eigenvalue weighted by atomic mass is 10.2. The standard InChI is InChI=1S/C19H23NO5/c1-3-10-25-19(21)14-4-9-17(20)18(13-14)24-12-11-23-16-7-5-15(22-2)6-8-16/h4-9,13H,3,10-12,20H2,1-2H3. The Kier molecular flexibility index (Phi) is 6.95. The first-order chi connectivity index (χ1) is 12.1. The Hall–Kier alpha value is -2.89. The zero-order chi connectivity index (χ0) is 18.1. The predicted molar refractivity (Wildman–Crippen MR) is 95.4 cm³/mol. The zero-order valence-electron chi connectivity index (χ0n) is 14.5. The number of methoxy groups -OCH3 is 1. The van der Waals surface area contributed by atoms with Crippen molar-refractivity contribution < 1.29 is 23.7 Å². The summed E-state index contributed by atoms with van der Waals surface area (Å²) in [5.41, 5.74) is 6.75. The summed E-state index contributed by atoms with van der Waals surface area (Å²) in [5.74, 6) is 1.53. The number of hydrogen-bond donors (Lipinski definition) is 1. The van der Waals surface area contributed by atoms with Crippen LogP contribution < -0.4 is 19.9 Å². The summed E-state index contributed by atoms with van der Waals surface area (Å²) in [6, 6.07) is 12.1. The molecule has 0 amide bonds. The molecule has 6 nitrogen and oxygen atoms in total. The first-order valence-electron chi connectivity index (χ1n) is 8.10. The maximum Gasteiger partial charge on any atom is 0.338 e. The molecule has 0 heterocycles. The van der Waals surface area contributed by atoms with E-state index in [-0.39, 0.29) is 5.97 Å². The number of carbonyl (C=O) groups is 1. The molecule has 0 aliphatic rings. The monoisotopic (exact) mass is 345 g/mol. The molecule has 0 saturated carbocycles. The number of hydrogen-bond acceptors (Lipinski definition) is 6. The van der Waals surface area contributed by atoms with Crippen LogP contribution in [0.1, 0.15) is 23.7 Å². The molecule has 2 aromatic carbocycles. The Morgan fingerprint density at radius 3 is 2.32 bits per heavy atom. The van der Waals surface area contributed by atoms with Crippen molar-refractivity contribution in [2.45, 2.75) is 13.3 Å². The van der Waals surface area contributed by atoms with Gasteiger partial charge in [-0.05, 0) is 48.9 Å². The van der Waals surface area contributed by atoms with E-state index < -0.39 is 0 Å². The fourth-order valence-corrected chi connectivity index (χ4v) is 2.05. The van der Waals surface area contributed by atoms with Crippen molar-refractivity contribution >= 4 is 11.7 Å². The maximum absolute atomic E-state index is 11.9. The second-order valence-corrected chi connectivity index (χ2v) is 5.26. The molecule has 2 N–H and O–H groups in total. The number of rotatable bonds is 9. The number of nitrogens with two attached hydrogens (primary N) is 1. The van der Waals surface area contributed by atoms with E-state index in [9.17, 15) is 4.79 Å². The summed E-state index contributed by atoms with van der Waals surface area (Å²) in [5, 5.41) is 0.